The van der Waals surface area contributed by atoms with E-state index in [9.17, 15) is 18.0 Å². The van der Waals surface area contributed by atoms with Crippen LogP contribution in [0.25, 0.3) is 10.9 Å². The van der Waals surface area contributed by atoms with Gasteiger partial charge >= 0.3 is 6.18 Å². The van der Waals surface area contributed by atoms with Crippen LogP contribution >= 0.6 is 0 Å². The largest absolute Gasteiger partial charge is 0.389 e. The van der Waals surface area contributed by atoms with Gasteiger partial charge in [0, 0.05) is 68.4 Å². The average Bonchev–Trinajstić information content (AvgIpc) is 3.16. The summed E-state index contributed by atoms with van der Waals surface area (Å²) >= 11 is 0. The summed E-state index contributed by atoms with van der Waals surface area (Å²) in [7, 11) is 1.88. The number of aryl methyl sites for hydroxylation is 2. The van der Waals surface area contributed by atoms with E-state index < -0.39 is 12.6 Å². The third-order valence-corrected chi connectivity index (χ3v) is 8.26. The van der Waals surface area contributed by atoms with Crippen molar-refractivity contribution < 1.29 is 18.0 Å². The number of fused-ring (bicyclic) bond motifs is 2. The highest BCUT2D eigenvalue weighted by molar-refractivity contribution is 6.07. The molecule has 0 N–H and O–H groups in total. The predicted octanol–water partition coefficient (Wildman–Crippen LogP) is 5.73. The lowest BCUT2D eigenvalue weighted by Gasteiger charge is -2.30. The Labute approximate surface area is 221 Å². The normalized spacial score (nSPS) is 20.8. The maximum absolute atomic E-state index is 13.1. The van der Waals surface area contributed by atoms with Crippen molar-refractivity contribution in [2.24, 2.45) is 18.9 Å². The highest BCUT2D eigenvalue weighted by atomic mass is 19.4. The molecule has 2 aromatic heterocycles. The molecule has 9 heteroatoms. The minimum atomic E-state index is -4.18. The Morgan fingerprint density at radius 2 is 1.84 bits per heavy atom. The van der Waals surface area contributed by atoms with Gasteiger partial charge in [-0.05, 0) is 55.7 Å². The fourth-order valence-corrected chi connectivity index (χ4v) is 6.03. The van der Waals surface area contributed by atoms with Crippen molar-refractivity contribution in [3.63, 3.8) is 0 Å². The first-order valence-electron chi connectivity index (χ1n) is 13.8. The number of Topliss-reactive ketones (excluding diaryl/α,β-unsaturated/α-hetero) is 1. The number of rotatable bonds is 8. The van der Waals surface area contributed by atoms with Gasteiger partial charge in [0.05, 0.1) is 11.9 Å². The monoisotopic (exact) mass is 527 g/mol. The lowest BCUT2D eigenvalue weighted by atomic mass is 9.78. The number of carbonyl (C=O) groups excluding carboxylic acids is 1. The summed E-state index contributed by atoms with van der Waals surface area (Å²) in [6, 6.07) is 5.79. The van der Waals surface area contributed by atoms with E-state index in [0.29, 0.717) is 24.1 Å². The number of carbonyl (C=O) groups is 1. The molecule has 1 saturated carbocycles. The van der Waals surface area contributed by atoms with Gasteiger partial charge in [0.15, 0.2) is 5.78 Å². The Kier molecular flexibility index (Phi) is 8.12. The van der Waals surface area contributed by atoms with Gasteiger partial charge in [0.2, 0.25) is 0 Å². The average molecular weight is 528 g/mol. The molecule has 0 atom stereocenters. The number of hydrogen-bond acceptors (Lipinski definition) is 5. The lowest BCUT2D eigenvalue weighted by Crippen LogP contribution is -2.29. The zero-order valence-electron chi connectivity index (χ0n) is 22.0. The number of benzene rings is 1. The number of aromatic nitrogens is 4. The van der Waals surface area contributed by atoms with Crippen molar-refractivity contribution in [1.82, 2.24) is 24.6 Å². The van der Waals surface area contributed by atoms with Crippen LogP contribution in [0.3, 0.4) is 0 Å². The molecule has 0 radical (unpaired) electrons. The summed E-state index contributed by atoms with van der Waals surface area (Å²) in [5.74, 6) is 1.65. The fourth-order valence-electron chi connectivity index (χ4n) is 6.03. The van der Waals surface area contributed by atoms with Crippen LogP contribution in [0.4, 0.5) is 13.2 Å². The van der Waals surface area contributed by atoms with Gasteiger partial charge in [-0.2, -0.15) is 18.3 Å². The molecule has 204 valence electrons. The summed E-state index contributed by atoms with van der Waals surface area (Å²) in [6.45, 7) is 2.84. The summed E-state index contributed by atoms with van der Waals surface area (Å²) in [4.78, 5) is 24.2. The quantitative estimate of drug-likeness (QED) is 0.350. The Bertz CT molecular complexity index is 1260. The second-order valence-corrected chi connectivity index (χ2v) is 11.1. The van der Waals surface area contributed by atoms with Crippen LogP contribution in [0.1, 0.15) is 72.4 Å². The molecule has 6 nitrogen and oxygen atoms in total. The maximum Gasteiger partial charge on any atom is 0.389 e. The molecule has 5 rings (SSSR count). The van der Waals surface area contributed by atoms with E-state index in [1.54, 1.807) is 10.9 Å². The third kappa shape index (κ3) is 6.79. The van der Waals surface area contributed by atoms with Crippen molar-refractivity contribution in [3.05, 3.63) is 53.2 Å². The van der Waals surface area contributed by atoms with Crippen LogP contribution in [0.15, 0.2) is 30.6 Å². The van der Waals surface area contributed by atoms with E-state index in [-0.39, 0.29) is 12.2 Å². The summed E-state index contributed by atoms with van der Waals surface area (Å²) < 4.78 is 39.4. The maximum atomic E-state index is 13.1. The van der Waals surface area contributed by atoms with Crippen LogP contribution in [-0.4, -0.2) is 56.2 Å². The Hall–Kier alpha value is -2.81. The highest BCUT2D eigenvalue weighted by Gasteiger charge is 2.28. The van der Waals surface area contributed by atoms with Crippen LogP contribution in [0.5, 0.6) is 0 Å². The summed E-state index contributed by atoms with van der Waals surface area (Å²) in [5.41, 5.74) is 3.63. The van der Waals surface area contributed by atoms with E-state index >= 15 is 0 Å². The Balaban J connectivity index is 1.06. The van der Waals surface area contributed by atoms with Crippen molar-refractivity contribution in [3.8, 4) is 0 Å². The van der Waals surface area contributed by atoms with E-state index in [0.717, 1.165) is 92.3 Å². The molecule has 1 fully saturated rings. The zero-order valence-corrected chi connectivity index (χ0v) is 22.0. The molecule has 0 bridgehead atoms. The summed E-state index contributed by atoms with van der Waals surface area (Å²) in [6.07, 6.45) is 6.32. The van der Waals surface area contributed by atoms with Crippen LogP contribution in [0, 0.1) is 11.8 Å². The van der Waals surface area contributed by atoms with Crippen LogP contribution < -0.4 is 0 Å². The van der Waals surface area contributed by atoms with Gasteiger partial charge < -0.3 is 4.90 Å². The fraction of sp³-hybridized carbons (Fsp3) is 0.586. The molecular formula is C29H36F3N5O. The molecule has 3 aromatic rings. The van der Waals surface area contributed by atoms with Crippen molar-refractivity contribution >= 4 is 16.7 Å². The molecule has 0 spiro atoms. The van der Waals surface area contributed by atoms with Gasteiger partial charge in [0.25, 0.3) is 0 Å². The molecule has 2 aliphatic rings. The van der Waals surface area contributed by atoms with Crippen molar-refractivity contribution in [2.45, 2.75) is 70.4 Å². The van der Waals surface area contributed by atoms with Gasteiger partial charge in [-0.3, -0.25) is 9.48 Å². The first kappa shape index (κ1) is 26.8. The lowest BCUT2D eigenvalue weighted by molar-refractivity contribution is -0.134. The van der Waals surface area contributed by atoms with Crippen LogP contribution in [-0.2, 0) is 26.3 Å². The number of alkyl halides is 3. The van der Waals surface area contributed by atoms with E-state index in [1.165, 1.54) is 0 Å². The topological polar surface area (TPSA) is 63.9 Å². The molecule has 1 aliphatic carbocycles. The van der Waals surface area contributed by atoms with Gasteiger partial charge in [0.1, 0.15) is 5.82 Å². The number of halogens is 3. The SMILES string of the molecule is Cn1cc2c(C(=O)CC3CCC(CCN4CCc5cnc(CCC(F)(F)F)nc5CC4)CC3)cccc2n1. The minimum absolute atomic E-state index is 0.159. The number of hydrogen-bond donors (Lipinski definition) is 0. The molecule has 3 heterocycles. The van der Waals surface area contributed by atoms with E-state index in [1.807, 2.05) is 31.4 Å². The highest BCUT2D eigenvalue weighted by Crippen LogP contribution is 2.34. The second-order valence-electron chi connectivity index (χ2n) is 11.1. The summed E-state index contributed by atoms with van der Waals surface area (Å²) in [5, 5.41) is 5.37. The van der Waals surface area contributed by atoms with Gasteiger partial charge in [-0.25, -0.2) is 9.97 Å². The molecule has 1 aromatic carbocycles. The Morgan fingerprint density at radius 1 is 1.08 bits per heavy atom. The van der Waals surface area contributed by atoms with Gasteiger partial charge in [-0.15, -0.1) is 0 Å². The first-order valence-corrected chi connectivity index (χ1v) is 13.8. The second kappa shape index (κ2) is 11.5. The molecule has 0 unspecified atom stereocenters. The number of nitrogens with zero attached hydrogens (tertiary/aromatic N) is 5. The van der Waals surface area contributed by atoms with Crippen molar-refractivity contribution in [1.29, 1.82) is 0 Å². The standard InChI is InChI=1S/C29H36F3N5O/c1-36-19-24-23(3-2-4-26(24)35-36)27(38)17-21-7-5-20(6-8-21)10-14-37-15-11-22-18-33-28(9-13-29(30,31)32)34-25(22)12-16-37/h2-4,18-21H,5-17H2,1H3. The van der Waals surface area contributed by atoms with Gasteiger partial charge in [-0.1, -0.05) is 25.0 Å². The third-order valence-electron chi connectivity index (χ3n) is 8.26. The molecule has 0 amide bonds. The first-order chi connectivity index (χ1) is 18.2. The molecule has 0 saturated heterocycles. The Morgan fingerprint density at radius 3 is 2.63 bits per heavy atom. The molecule has 38 heavy (non-hydrogen) atoms. The van der Waals surface area contributed by atoms with Crippen molar-refractivity contribution in [2.75, 3.05) is 19.6 Å². The number of ketones is 1. The van der Waals surface area contributed by atoms with E-state index in [2.05, 4.69) is 20.0 Å². The molecule has 1 aliphatic heterocycles. The molecular weight excluding hydrogens is 491 g/mol. The van der Waals surface area contributed by atoms with Crippen LogP contribution in [0.2, 0.25) is 0 Å². The minimum Gasteiger partial charge on any atom is -0.303 e. The smallest absolute Gasteiger partial charge is 0.303 e. The predicted molar refractivity (Wildman–Crippen MR) is 140 cm³/mol. The zero-order chi connectivity index (χ0) is 26.7. The van der Waals surface area contributed by atoms with E-state index in [4.69, 9.17) is 0 Å².